The highest BCUT2D eigenvalue weighted by atomic mass is 32.2. The molecule has 2 heterocycles. The van der Waals surface area contributed by atoms with Gasteiger partial charge in [-0.2, -0.15) is 16.7 Å². The predicted molar refractivity (Wildman–Crippen MR) is 81.7 cm³/mol. The normalized spacial score (nSPS) is 28.6. The minimum absolute atomic E-state index is 0.112. The van der Waals surface area contributed by atoms with Gasteiger partial charge in [-0.1, -0.05) is 24.4 Å². The van der Waals surface area contributed by atoms with Crippen molar-refractivity contribution in [2.45, 2.75) is 74.8 Å². The number of hydrogen-bond donors (Lipinski definition) is 1. The molecule has 1 unspecified atom stereocenters. The zero-order chi connectivity index (χ0) is 13.8. The molecule has 3 rings (SSSR count). The summed E-state index contributed by atoms with van der Waals surface area (Å²) >= 11 is 2.00. The molecule has 2 aliphatic rings. The average molecular weight is 295 g/mol. The fraction of sp³-hybridized carbons (Fsp3) is 0.867. The maximum atomic E-state index is 5.51. The number of hydrogen-bond acceptors (Lipinski definition) is 5. The van der Waals surface area contributed by atoms with E-state index in [2.05, 4.69) is 22.4 Å². The van der Waals surface area contributed by atoms with Gasteiger partial charge in [-0.3, -0.25) is 0 Å². The van der Waals surface area contributed by atoms with Gasteiger partial charge in [0.15, 0.2) is 5.82 Å². The van der Waals surface area contributed by atoms with Crippen molar-refractivity contribution >= 4 is 11.8 Å². The molecule has 0 radical (unpaired) electrons. The number of rotatable bonds is 4. The van der Waals surface area contributed by atoms with Crippen molar-refractivity contribution in [2.24, 2.45) is 0 Å². The average Bonchev–Trinajstić information content (AvgIpc) is 2.97. The van der Waals surface area contributed by atoms with Gasteiger partial charge in [0.05, 0.1) is 11.3 Å². The largest absolute Gasteiger partial charge is 0.337 e. The molecular weight excluding hydrogens is 270 g/mol. The van der Waals surface area contributed by atoms with E-state index in [1.165, 1.54) is 44.9 Å². The van der Waals surface area contributed by atoms with Crippen LogP contribution in [0.2, 0.25) is 0 Å². The zero-order valence-corrected chi connectivity index (χ0v) is 13.2. The SMILES string of the molecule is CC1(c2nc(CSC3CCCCC3)no2)CCCCN1. The van der Waals surface area contributed by atoms with Gasteiger partial charge in [-0.15, -0.1) is 0 Å². The first-order chi connectivity index (χ1) is 9.76. The summed E-state index contributed by atoms with van der Waals surface area (Å²) in [6, 6.07) is 0. The number of nitrogens with one attached hydrogen (secondary N) is 1. The summed E-state index contributed by atoms with van der Waals surface area (Å²) < 4.78 is 5.51. The molecule has 1 aromatic rings. The van der Waals surface area contributed by atoms with Gasteiger partial charge < -0.3 is 9.84 Å². The van der Waals surface area contributed by atoms with Crippen LogP contribution in [0.5, 0.6) is 0 Å². The Morgan fingerprint density at radius 2 is 2.10 bits per heavy atom. The summed E-state index contributed by atoms with van der Waals surface area (Å²) in [6.45, 7) is 3.22. The van der Waals surface area contributed by atoms with Crippen LogP contribution in [0.1, 0.15) is 70.0 Å². The Hall–Kier alpha value is -0.550. The van der Waals surface area contributed by atoms with E-state index in [9.17, 15) is 0 Å². The Balaban J connectivity index is 1.56. The van der Waals surface area contributed by atoms with E-state index in [-0.39, 0.29) is 5.54 Å². The molecule has 1 aliphatic heterocycles. The Morgan fingerprint density at radius 1 is 1.25 bits per heavy atom. The van der Waals surface area contributed by atoms with Gasteiger partial charge in [-0.05, 0) is 45.6 Å². The third-order valence-corrected chi connectivity index (χ3v) is 5.93. The first-order valence-corrected chi connectivity index (χ1v) is 9.01. The summed E-state index contributed by atoms with van der Waals surface area (Å²) in [5, 5.41) is 8.50. The number of thioether (sulfide) groups is 1. The predicted octanol–water partition coefficient (Wildman–Crippen LogP) is 3.62. The van der Waals surface area contributed by atoms with Gasteiger partial charge >= 0.3 is 0 Å². The Labute approximate surface area is 125 Å². The topological polar surface area (TPSA) is 51.0 Å². The summed E-state index contributed by atoms with van der Waals surface area (Å²) in [7, 11) is 0. The lowest BCUT2D eigenvalue weighted by Crippen LogP contribution is -2.43. The summed E-state index contributed by atoms with van der Waals surface area (Å²) in [5.41, 5.74) is -0.112. The molecule has 20 heavy (non-hydrogen) atoms. The highest BCUT2D eigenvalue weighted by Gasteiger charge is 2.34. The van der Waals surface area contributed by atoms with Crippen LogP contribution in [0, 0.1) is 0 Å². The second-order valence-electron chi connectivity index (χ2n) is 6.30. The first kappa shape index (κ1) is 14.4. The molecule has 0 aromatic carbocycles. The van der Waals surface area contributed by atoms with Crippen LogP contribution in [0.25, 0.3) is 0 Å². The molecule has 1 N–H and O–H groups in total. The Bertz CT molecular complexity index is 423. The second kappa shape index (κ2) is 6.48. The first-order valence-electron chi connectivity index (χ1n) is 7.96. The maximum absolute atomic E-state index is 5.51. The highest BCUT2D eigenvalue weighted by Crippen LogP contribution is 2.31. The van der Waals surface area contributed by atoms with Crippen LogP contribution in [0.4, 0.5) is 0 Å². The maximum Gasteiger partial charge on any atom is 0.246 e. The molecule has 1 saturated carbocycles. The van der Waals surface area contributed by atoms with Crippen LogP contribution < -0.4 is 5.32 Å². The van der Waals surface area contributed by atoms with E-state index in [0.29, 0.717) is 0 Å². The standard InChI is InChI=1S/C15H25N3OS/c1-15(9-5-6-10-16-15)14-17-13(18-19-14)11-20-12-7-3-2-4-8-12/h12,16H,2-11H2,1H3. The fourth-order valence-electron chi connectivity index (χ4n) is 3.20. The van der Waals surface area contributed by atoms with Crippen molar-refractivity contribution in [3.05, 3.63) is 11.7 Å². The lowest BCUT2D eigenvalue weighted by atomic mass is 9.91. The third-order valence-electron chi connectivity index (χ3n) is 4.56. The minimum atomic E-state index is -0.112. The molecule has 1 aliphatic carbocycles. The van der Waals surface area contributed by atoms with Gasteiger partial charge in [0.2, 0.25) is 5.89 Å². The molecular formula is C15H25N3OS. The molecule has 0 spiro atoms. The van der Waals surface area contributed by atoms with Crippen LogP contribution in [-0.4, -0.2) is 21.9 Å². The lowest BCUT2D eigenvalue weighted by Gasteiger charge is -2.31. The van der Waals surface area contributed by atoms with Crippen LogP contribution in [0.3, 0.4) is 0 Å². The van der Waals surface area contributed by atoms with Crippen molar-refractivity contribution in [1.82, 2.24) is 15.5 Å². The van der Waals surface area contributed by atoms with Crippen molar-refractivity contribution in [2.75, 3.05) is 6.54 Å². The number of piperidine rings is 1. The van der Waals surface area contributed by atoms with Crippen LogP contribution >= 0.6 is 11.8 Å². The molecule has 1 saturated heterocycles. The minimum Gasteiger partial charge on any atom is -0.337 e. The molecule has 112 valence electrons. The molecule has 4 nitrogen and oxygen atoms in total. The molecule has 0 bridgehead atoms. The molecule has 1 aromatic heterocycles. The smallest absolute Gasteiger partial charge is 0.246 e. The van der Waals surface area contributed by atoms with E-state index >= 15 is 0 Å². The molecule has 2 fully saturated rings. The van der Waals surface area contributed by atoms with Gasteiger partial charge in [0, 0.05) is 5.25 Å². The molecule has 5 heteroatoms. The van der Waals surface area contributed by atoms with Gasteiger partial charge in [0.1, 0.15) is 0 Å². The van der Waals surface area contributed by atoms with Crippen molar-refractivity contribution in [3.8, 4) is 0 Å². The van der Waals surface area contributed by atoms with Crippen LogP contribution in [0.15, 0.2) is 4.52 Å². The Kier molecular flexibility index (Phi) is 4.66. The van der Waals surface area contributed by atoms with E-state index in [1.807, 2.05) is 11.8 Å². The monoisotopic (exact) mass is 295 g/mol. The quantitative estimate of drug-likeness (QED) is 0.919. The Morgan fingerprint density at radius 3 is 2.85 bits per heavy atom. The summed E-state index contributed by atoms with van der Waals surface area (Å²) in [4.78, 5) is 4.63. The third kappa shape index (κ3) is 3.37. The van der Waals surface area contributed by atoms with Crippen molar-refractivity contribution in [1.29, 1.82) is 0 Å². The lowest BCUT2D eigenvalue weighted by molar-refractivity contribution is 0.206. The summed E-state index contributed by atoms with van der Waals surface area (Å²) in [5.74, 6) is 2.53. The van der Waals surface area contributed by atoms with E-state index in [1.54, 1.807) is 0 Å². The van der Waals surface area contributed by atoms with E-state index in [4.69, 9.17) is 4.52 Å². The zero-order valence-electron chi connectivity index (χ0n) is 12.4. The van der Waals surface area contributed by atoms with Gasteiger partial charge in [-0.25, -0.2) is 0 Å². The summed E-state index contributed by atoms with van der Waals surface area (Å²) in [6.07, 6.45) is 10.5. The van der Waals surface area contributed by atoms with Crippen molar-refractivity contribution < 1.29 is 4.52 Å². The fourth-order valence-corrected chi connectivity index (χ4v) is 4.37. The molecule has 0 amide bonds. The highest BCUT2D eigenvalue weighted by molar-refractivity contribution is 7.99. The van der Waals surface area contributed by atoms with E-state index in [0.717, 1.165) is 35.7 Å². The van der Waals surface area contributed by atoms with Gasteiger partial charge in [0.25, 0.3) is 0 Å². The number of aromatic nitrogens is 2. The second-order valence-corrected chi connectivity index (χ2v) is 7.59. The number of nitrogens with zero attached hydrogens (tertiary/aromatic N) is 2. The van der Waals surface area contributed by atoms with Crippen molar-refractivity contribution in [3.63, 3.8) is 0 Å². The van der Waals surface area contributed by atoms with Crippen LogP contribution in [-0.2, 0) is 11.3 Å². The van der Waals surface area contributed by atoms with E-state index < -0.39 is 0 Å². The molecule has 1 atom stereocenters.